The van der Waals surface area contributed by atoms with Crippen molar-refractivity contribution in [2.75, 3.05) is 0 Å². The predicted octanol–water partition coefficient (Wildman–Crippen LogP) is 2.99. The van der Waals surface area contributed by atoms with Crippen LogP contribution in [-0.2, 0) is 16.6 Å². The van der Waals surface area contributed by atoms with Gasteiger partial charge in [-0.25, -0.2) is 13.1 Å². The van der Waals surface area contributed by atoms with E-state index in [1.165, 1.54) is 6.08 Å². The molecular weight excluding hydrogens is 324 g/mol. The Morgan fingerprint density at radius 1 is 1.21 bits per heavy atom. The summed E-state index contributed by atoms with van der Waals surface area (Å²) in [4.78, 5) is -0.372. The van der Waals surface area contributed by atoms with Gasteiger partial charge in [0.1, 0.15) is 11.8 Å². The molecule has 6 heteroatoms. The van der Waals surface area contributed by atoms with Gasteiger partial charge in [0.05, 0.1) is 0 Å². The summed E-state index contributed by atoms with van der Waals surface area (Å²) in [5, 5.41) is 19.0. The number of rotatable bonds is 5. The van der Waals surface area contributed by atoms with Gasteiger partial charge in [0.2, 0.25) is 0 Å². The van der Waals surface area contributed by atoms with Gasteiger partial charge >= 0.3 is 0 Å². The molecule has 0 fully saturated rings. The molecule has 2 aromatic carbocycles. The van der Waals surface area contributed by atoms with E-state index in [-0.39, 0.29) is 17.2 Å². The van der Waals surface area contributed by atoms with Crippen molar-refractivity contribution < 1.29 is 13.5 Å². The van der Waals surface area contributed by atoms with Gasteiger partial charge in [0.25, 0.3) is 10.0 Å². The van der Waals surface area contributed by atoms with E-state index < -0.39 is 10.0 Å². The summed E-state index contributed by atoms with van der Waals surface area (Å²) in [5.74, 6) is 0.163. The van der Waals surface area contributed by atoms with Crippen molar-refractivity contribution >= 4 is 16.1 Å². The zero-order valence-electron chi connectivity index (χ0n) is 13.4. The van der Waals surface area contributed by atoms with E-state index in [4.69, 9.17) is 0 Å². The second-order valence-electron chi connectivity index (χ2n) is 5.43. The summed E-state index contributed by atoms with van der Waals surface area (Å²) in [6.07, 6.45) is 1.30. The lowest BCUT2D eigenvalue weighted by atomic mass is 10.1. The van der Waals surface area contributed by atoms with E-state index in [0.717, 1.165) is 5.56 Å². The number of sulfonamides is 1. The van der Waals surface area contributed by atoms with Crippen LogP contribution in [0.4, 0.5) is 0 Å². The van der Waals surface area contributed by atoms with Gasteiger partial charge in [-0.3, -0.25) is 0 Å². The molecule has 0 bridgehead atoms. The van der Waals surface area contributed by atoms with Crippen molar-refractivity contribution in [3.05, 3.63) is 69.6 Å². The number of hydrogen-bond donors (Lipinski definition) is 2. The van der Waals surface area contributed by atoms with Crippen molar-refractivity contribution in [2.45, 2.75) is 20.4 Å². The summed E-state index contributed by atoms with van der Waals surface area (Å²) >= 11 is 0. The Bertz CT molecular complexity index is 888. The minimum absolute atomic E-state index is 0.107. The van der Waals surface area contributed by atoms with Crippen LogP contribution in [0.2, 0.25) is 0 Å². The van der Waals surface area contributed by atoms with Gasteiger partial charge < -0.3 is 5.11 Å². The molecule has 2 aromatic rings. The van der Waals surface area contributed by atoms with Crippen molar-refractivity contribution in [3.63, 3.8) is 0 Å². The third-order valence-corrected chi connectivity index (χ3v) is 4.83. The third kappa shape index (κ3) is 4.22. The van der Waals surface area contributed by atoms with Crippen LogP contribution in [0.15, 0.2) is 47.4 Å². The zero-order valence-corrected chi connectivity index (χ0v) is 14.3. The van der Waals surface area contributed by atoms with Crippen molar-refractivity contribution in [1.82, 2.24) is 4.72 Å². The molecule has 0 aliphatic rings. The molecule has 0 unspecified atom stereocenters. The number of benzene rings is 2. The molecule has 2 rings (SSSR count). The minimum Gasteiger partial charge on any atom is -0.507 e. The maximum atomic E-state index is 12.3. The lowest BCUT2D eigenvalue weighted by Crippen LogP contribution is -2.24. The smallest absolute Gasteiger partial charge is 0.251 e. The summed E-state index contributed by atoms with van der Waals surface area (Å²) in [7, 11) is -3.92. The van der Waals surface area contributed by atoms with Crippen LogP contribution in [-0.4, -0.2) is 13.5 Å². The molecule has 0 aromatic heterocycles. The fourth-order valence-electron chi connectivity index (χ4n) is 2.25. The fraction of sp³-hybridized carbons (Fsp3) is 0.167. The highest BCUT2D eigenvalue weighted by Gasteiger charge is 2.17. The Balaban J connectivity index is 2.28. The summed E-state index contributed by atoms with van der Waals surface area (Å²) in [5.41, 5.74) is 2.58. The van der Waals surface area contributed by atoms with Crippen molar-refractivity contribution in [3.8, 4) is 11.8 Å². The Hall–Kier alpha value is -2.62. The molecule has 124 valence electrons. The van der Waals surface area contributed by atoms with Crippen LogP contribution in [0.1, 0.15) is 22.3 Å². The van der Waals surface area contributed by atoms with Crippen molar-refractivity contribution in [1.29, 1.82) is 5.26 Å². The predicted molar refractivity (Wildman–Crippen MR) is 93.4 cm³/mol. The summed E-state index contributed by atoms with van der Waals surface area (Å²) < 4.78 is 27.1. The van der Waals surface area contributed by atoms with E-state index in [1.54, 1.807) is 44.2 Å². The molecule has 0 saturated heterocycles. The van der Waals surface area contributed by atoms with Gasteiger partial charge in [0, 0.05) is 6.54 Å². The van der Waals surface area contributed by atoms with Crippen LogP contribution in [0, 0.1) is 25.2 Å². The Labute approximate surface area is 141 Å². The molecule has 0 aliphatic carbocycles. The van der Waals surface area contributed by atoms with Gasteiger partial charge in [-0.15, -0.1) is 0 Å². The number of aromatic hydroxyl groups is 1. The average molecular weight is 342 g/mol. The maximum Gasteiger partial charge on any atom is 0.251 e. The topological polar surface area (TPSA) is 90.2 Å². The molecule has 0 spiro atoms. The van der Waals surface area contributed by atoms with Crippen LogP contribution in [0.5, 0.6) is 5.75 Å². The number of nitrogens with one attached hydrogen (secondary N) is 1. The second kappa shape index (κ2) is 7.30. The van der Waals surface area contributed by atoms with Gasteiger partial charge in [-0.05, 0) is 54.3 Å². The van der Waals surface area contributed by atoms with E-state index in [0.29, 0.717) is 16.7 Å². The number of nitrogens with zero attached hydrogens (tertiary/aromatic N) is 1. The van der Waals surface area contributed by atoms with E-state index >= 15 is 0 Å². The van der Waals surface area contributed by atoms with Crippen LogP contribution >= 0.6 is 0 Å². The fourth-order valence-corrected chi connectivity index (χ4v) is 3.17. The maximum absolute atomic E-state index is 12.3. The summed E-state index contributed by atoms with van der Waals surface area (Å²) in [6.45, 7) is 3.54. The highest BCUT2D eigenvalue weighted by atomic mass is 32.2. The number of phenols is 1. The van der Waals surface area contributed by atoms with E-state index in [1.807, 2.05) is 18.2 Å². The number of allylic oxidation sites excluding steroid dienone is 1. The normalized spacial score (nSPS) is 12.0. The van der Waals surface area contributed by atoms with Crippen molar-refractivity contribution in [2.24, 2.45) is 0 Å². The standard InChI is InChI=1S/C18H18N2O3S/c1-13-8-16(9-14(2)18(13)21)10-17(11-19)24(22,23)20-12-15-6-4-3-5-7-15/h3-10,20-21H,12H2,1-2H3. The molecule has 0 heterocycles. The first-order valence-electron chi connectivity index (χ1n) is 7.29. The molecule has 0 amide bonds. The third-order valence-electron chi connectivity index (χ3n) is 3.52. The minimum atomic E-state index is -3.92. The highest BCUT2D eigenvalue weighted by molar-refractivity contribution is 7.93. The number of nitriles is 1. The molecular formula is C18H18N2O3S. The lowest BCUT2D eigenvalue weighted by molar-refractivity contribution is 0.467. The number of hydrogen-bond acceptors (Lipinski definition) is 4. The average Bonchev–Trinajstić information content (AvgIpc) is 2.56. The summed E-state index contributed by atoms with van der Waals surface area (Å²) in [6, 6.07) is 14.1. The first-order chi connectivity index (χ1) is 11.3. The molecule has 24 heavy (non-hydrogen) atoms. The number of phenolic OH excluding ortho intramolecular Hbond substituents is 1. The molecule has 5 nitrogen and oxygen atoms in total. The van der Waals surface area contributed by atoms with Crippen LogP contribution < -0.4 is 4.72 Å². The van der Waals surface area contributed by atoms with Crippen LogP contribution in [0.25, 0.3) is 6.08 Å². The molecule has 0 radical (unpaired) electrons. The molecule has 0 aliphatic heterocycles. The molecule has 2 N–H and O–H groups in total. The van der Waals surface area contributed by atoms with Crippen LogP contribution in [0.3, 0.4) is 0 Å². The van der Waals surface area contributed by atoms with Gasteiger partial charge in [-0.1, -0.05) is 30.3 Å². The SMILES string of the molecule is Cc1cc(C=C(C#N)S(=O)(=O)NCc2ccccc2)cc(C)c1O. The second-order valence-corrected chi connectivity index (χ2v) is 7.17. The Morgan fingerprint density at radius 3 is 2.33 bits per heavy atom. The quantitative estimate of drug-likeness (QED) is 0.817. The monoisotopic (exact) mass is 342 g/mol. The molecule has 0 atom stereocenters. The first kappa shape index (κ1) is 17.7. The van der Waals surface area contributed by atoms with E-state index in [2.05, 4.69) is 4.72 Å². The van der Waals surface area contributed by atoms with Gasteiger partial charge in [0.15, 0.2) is 4.91 Å². The Morgan fingerprint density at radius 2 is 1.79 bits per heavy atom. The van der Waals surface area contributed by atoms with E-state index in [9.17, 15) is 18.8 Å². The highest BCUT2D eigenvalue weighted by Crippen LogP contribution is 2.24. The number of aryl methyl sites for hydroxylation is 2. The largest absolute Gasteiger partial charge is 0.507 e. The van der Waals surface area contributed by atoms with Gasteiger partial charge in [-0.2, -0.15) is 5.26 Å². The first-order valence-corrected chi connectivity index (χ1v) is 8.77. The molecule has 0 saturated carbocycles. The zero-order chi connectivity index (χ0) is 17.7. The lowest BCUT2D eigenvalue weighted by Gasteiger charge is -2.07. The Kier molecular flexibility index (Phi) is 5.39.